The molecule has 0 fully saturated rings. The van der Waals surface area contributed by atoms with E-state index in [2.05, 4.69) is 222 Å². The lowest BCUT2D eigenvalue weighted by Crippen LogP contribution is -2.36. The van der Waals surface area contributed by atoms with Gasteiger partial charge >= 0.3 is 0 Å². The van der Waals surface area contributed by atoms with Crippen molar-refractivity contribution >= 4 is 60.8 Å². The summed E-state index contributed by atoms with van der Waals surface area (Å²) < 4.78 is 9.21. The average molecular weight is 741 g/mol. The van der Waals surface area contributed by atoms with E-state index in [1.54, 1.807) is 0 Å². The van der Waals surface area contributed by atoms with Gasteiger partial charge in [0.05, 0.1) is 27.8 Å². The zero-order valence-electron chi connectivity index (χ0n) is 31.6. The van der Waals surface area contributed by atoms with E-state index in [1.807, 2.05) is 6.07 Å². The largest absolute Gasteiger partial charge is 0.456 e. The molecule has 0 unspecified atom stereocenters. The summed E-state index contributed by atoms with van der Waals surface area (Å²) in [5.74, 6) is 0. The second-order valence-corrected chi connectivity index (χ2v) is 15.2. The molecule has 0 N–H and O–H groups in total. The van der Waals surface area contributed by atoms with Crippen molar-refractivity contribution in [3.8, 4) is 22.3 Å². The number of anilines is 3. The van der Waals surface area contributed by atoms with Crippen LogP contribution in [0.2, 0.25) is 0 Å². The average Bonchev–Trinajstić information content (AvgIpc) is 3.95. The van der Waals surface area contributed by atoms with E-state index in [0.717, 1.165) is 44.5 Å². The summed E-state index contributed by atoms with van der Waals surface area (Å²) in [6.45, 7) is 0. The summed E-state index contributed by atoms with van der Waals surface area (Å²) >= 11 is 0. The summed E-state index contributed by atoms with van der Waals surface area (Å²) in [5, 5.41) is 4.58. The molecule has 0 radical (unpaired) electrons. The Morgan fingerprint density at radius 3 is 1.71 bits per heavy atom. The first-order valence-electron chi connectivity index (χ1n) is 19.9. The summed E-state index contributed by atoms with van der Waals surface area (Å²) in [5.41, 5.74) is 15.2. The lowest BCUT2D eigenvalue weighted by Gasteiger charge is -2.38. The van der Waals surface area contributed by atoms with Gasteiger partial charge in [-0.3, -0.25) is 0 Å². The van der Waals surface area contributed by atoms with Gasteiger partial charge in [0.2, 0.25) is 0 Å². The van der Waals surface area contributed by atoms with Gasteiger partial charge in [-0.05, 0) is 81.4 Å². The number of hydrogen-bond donors (Lipinski definition) is 0. The van der Waals surface area contributed by atoms with Crippen LogP contribution in [0.15, 0.2) is 223 Å². The Balaban J connectivity index is 1.25. The van der Waals surface area contributed by atoms with Crippen molar-refractivity contribution in [2.75, 3.05) is 4.90 Å². The van der Waals surface area contributed by atoms with Crippen LogP contribution in [0.4, 0.5) is 17.1 Å². The van der Waals surface area contributed by atoms with Crippen LogP contribution in [0.1, 0.15) is 16.7 Å². The topological polar surface area (TPSA) is 21.3 Å². The summed E-state index contributed by atoms with van der Waals surface area (Å²) in [4.78, 5) is 2.46. The first-order valence-corrected chi connectivity index (χ1v) is 19.9. The molecule has 3 heteroatoms. The molecule has 1 aliphatic rings. The normalized spacial score (nSPS) is 13.0. The predicted octanol–water partition coefficient (Wildman–Crippen LogP) is 14.7. The van der Waals surface area contributed by atoms with Gasteiger partial charge in [0.25, 0.3) is 0 Å². The van der Waals surface area contributed by atoms with Crippen LogP contribution in [0, 0.1) is 0 Å². The van der Waals surface area contributed by atoms with Crippen LogP contribution in [-0.2, 0) is 5.54 Å². The van der Waals surface area contributed by atoms with Crippen LogP contribution in [0.5, 0.6) is 0 Å². The number of benzene rings is 9. The van der Waals surface area contributed by atoms with E-state index in [9.17, 15) is 0 Å². The van der Waals surface area contributed by atoms with Gasteiger partial charge in [-0.1, -0.05) is 176 Å². The standard InChI is InChI=1S/C55H36N2O/c1-3-17-37(18-4-1)38-33-35-40(36-34-38)56(49-29-16-32-52-53(49)45-24-10-14-31-51(45)58-52)50-30-15-25-44-43-23-9-13-28-48(43)57(54(44)50)55(39-19-5-2-6-20-39)46-26-11-7-21-41(46)42-22-8-12-27-47(42)55/h1-36H. The fraction of sp³-hybridized carbons (Fsp3) is 0.0182. The highest BCUT2D eigenvalue weighted by molar-refractivity contribution is 6.18. The molecule has 2 aromatic heterocycles. The molecule has 3 nitrogen and oxygen atoms in total. The molecule has 0 aliphatic heterocycles. The Morgan fingerprint density at radius 1 is 0.397 bits per heavy atom. The van der Waals surface area contributed by atoms with Crippen molar-refractivity contribution in [2.45, 2.75) is 5.54 Å². The second-order valence-electron chi connectivity index (χ2n) is 15.2. The molecule has 0 spiro atoms. The first-order chi connectivity index (χ1) is 28.8. The number of rotatable bonds is 6. The lowest BCUT2D eigenvalue weighted by atomic mass is 9.80. The summed E-state index contributed by atoms with van der Waals surface area (Å²) in [6.07, 6.45) is 0. The number of nitrogens with zero attached hydrogens (tertiary/aromatic N) is 2. The third-order valence-electron chi connectivity index (χ3n) is 12.2. The number of fused-ring (bicyclic) bond motifs is 9. The van der Waals surface area contributed by atoms with Gasteiger partial charge in [-0.15, -0.1) is 0 Å². The Morgan fingerprint density at radius 2 is 0.948 bits per heavy atom. The van der Waals surface area contributed by atoms with Gasteiger partial charge in [-0.25, -0.2) is 0 Å². The minimum absolute atomic E-state index is 0.691. The molecule has 0 saturated carbocycles. The molecule has 1 aliphatic carbocycles. The molecule has 0 amide bonds. The zero-order valence-corrected chi connectivity index (χ0v) is 31.6. The molecular weight excluding hydrogens is 705 g/mol. The monoisotopic (exact) mass is 740 g/mol. The number of furan rings is 1. The molecule has 9 aromatic carbocycles. The molecule has 0 saturated heterocycles. The van der Waals surface area contributed by atoms with Gasteiger partial charge in [0.1, 0.15) is 16.7 Å². The fourth-order valence-corrected chi connectivity index (χ4v) is 9.89. The van der Waals surface area contributed by atoms with E-state index >= 15 is 0 Å². The van der Waals surface area contributed by atoms with E-state index < -0.39 is 5.54 Å². The van der Waals surface area contributed by atoms with Crippen molar-refractivity contribution in [3.05, 3.63) is 235 Å². The van der Waals surface area contributed by atoms with Gasteiger partial charge in [0.15, 0.2) is 0 Å². The number of aromatic nitrogens is 1. The van der Waals surface area contributed by atoms with E-state index in [1.165, 1.54) is 55.2 Å². The van der Waals surface area contributed by atoms with Crippen LogP contribution < -0.4 is 4.90 Å². The van der Waals surface area contributed by atoms with Gasteiger partial charge in [0, 0.05) is 21.8 Å². The zero-order chi connectivity index (χ0) is 38.2. The Hall–Kier alpha value is -7.62. The number of para-hydroxylation sites is 3. The van der Waals surface area contributed by atoms with E-state index in [4.69, 9.17) is 4.42 Å². The maximum atomic E-state index is 6.55. The lowest BCUT2D eigenvalue weighted by molar-refractivity contribution is 0.564. The third-order valence-corrected chi connectivity index (χ3v) is 12.2. The summed E-state index contributed by atoms with van der Waals surface area (Å²) in [6, 6.07) is 79.3. The number of hydrogen-bond acceptors (Lipinski definition) is 2. The van der Waals surface area contributed by atoms with Crippen LogP contribution in [0.3, 0.4) is 0 Å². The third kappa shape index (κ3) is 4.56. The molecular formula is C55H36N2O. The highest BCUT2D eigenvalue weighted by Crippen LogP contribution is 2.57. The fourth-order valence-electron chi connectivity index (χ4n) is 9.89. The van der Waals surface area contributed by atoms with E-state index in [0.29, 0.717) is 0 Å². The maximum absolute atomic E-state index is 6.55. The van der Waals surface area contributed by atoms with Crippen molar-refractivity contribution in [1.82, 2.24) is 4.57 Å². The van der Waals surface area contributed by atoms with Crippen LogP contribution in [-0.4, -0.2) is 4.57 Å². The van der Waals surface area contributed by atoms with Gasteiger partial charge < -0.3 is 13.9 Å². The maximum Gasteiger partial charge on any atom is 0.137 e. The summed E-state index contributed by atoms with van der Waals surface area (Å²) in [7, 11) is 0. The highest BCUT2D eigenvalue weighted by Gasteiger charge is 2.48. The van der Waals surface area contributed by atoms with Crippen molar-refractivity contribution in [2.24, 2.45) is 0 Å². The molecule has 0 bridgehead atoms. The Bertz CT molecular complexity index is 3290. The predicted molar refractivity (Wildman–Crippen MR) is 240 cm³/mol. The Labute approximate surface area is 336 Å². The molecule has 272 valence electrons. The SMILES string of the molecule is c1ccc(-c2ccc(N(c3cccc4oc5ccccc5c34)c3cccc4c5ccccc5n(C5(c6ccccc6)c6ccccc6-c6ccccc65)c34)cc2)cc1. The minimum Gasteiger partial charge on any atom is -0.456 e. The molecule has 11 aromatic rings. The van der Waals surface area contributed by atoms with E-state index in [-0.39, 0.29) is 0 Å². The molecule has 12 rings (SSSR count). The quantitative estimate of drug-likeness (QED) is 0.169. The van der Waals surface area contributed by atoms with Crippen molar-refractivity contribution in [3.63, 3.8) is 0 Å². The Kier molecular flexibility index (Phi) is 7.14. The van der Waals surface area contributed by atoms with Crippen molar-refractivity contribution < 1.29 is 4.42 Å². The minimum atomic E-state index is -0.691. The molecule has 58 heavy (non-hydrogen) atoms. The smallest absolute Gasteiger partial charge is 0.137 e. The van der Waals surface area contributed by atoms with Crippen molar-refractivity contribution in [1.29, 1.82) is 0 Å². The van der Waals surface area contributed by atoms with Crippen LogP contribution >= 0.6 is 0 Å². The molecule has 0 atom stereocenters. The van der Waals surface area contributed by atoms with Crippen LogP contribution in [0.25, 0.3) is 66.0 Å². The highest BCUT2D eigenvalue weighted by atomic mass is 16.3. The second kappa shape index (κ2) is 12.7. The van der Waals surface area contributed by atoms with Gasteiger partial charge in [-0.2, -0.15) is 0 Å². The molecule has 2 heterocycles. The first kappa shape index (κ1) is 32.6.